The van der Waals surface area contributed by atoms with Gasteiger partial charge in [0.2, 0.25) is 0 Å². The predicted molar refractivity (Wildman–Crippen MR) is 99.0 cm³/mol. The standard InChI is InChI=1S/C17H15BrCl2N2/c1-9-10(2)21-17-13(18)4-3-5-15(17)22-16(9)12-7-6-11(19)8-14(12)20/h3-8,16,21-22H,1-2H3. The Hall–Kier alpha value is -1.16. The van der Waals surface area contributed by atoms with E-state index in [4.69, 9.17) is 23.2 Å². The number of hydrogen-bond acceptors (Lipinski definition) is 2. The van der Waals surface area contributed by atoms with Crippen molar-refractivity contribution in [2.24, 2.45) is 0 Å². The molecule has 1 aliphatic rings. The number of hydrogen-bond donors (Lipinski definition) is 2. The van der Waals surface area contributed by atoms with Gasteiger partial charge in [0.1, 0.15) is 0 Å². The number of rotatable bonds is 1. The van der Waals surface area contributed by atoms with Gasteiger partial charge in [-0.2, -0.15) is 0 Å². The molecule has 1 unspecified atom stereocenters. The molecule has 0 spiro atoms. The second kappa shape index (κ2) is 6.15. The van der Waals surface area contributed by atoms with Gasteiger partial charge in [-0.05, 0) is 65.2 Å². The van der Waals surface area contributed by atoms with E-state index in [0.717, 1.165) is 27.1 Å². The number of allylic oxidation sites excluding steroid dienone is 1. The number of para-hydroxylation sites is 1. The van der Waals surface area contributed by atoms with Crippen molar-refractivity contribution in [3.8, 4) is 0 Å². The van der Waals surface area contributed by atoms with Gasteiger partial charge in [-0.15, -0.1) is 0 Å². The number of anilines is 2. The van der Waals surface area contributed by atoms with Crippen molar-refractivity contribution in [3.63, 3.8) is 0 Å². The normalized spacial score (nSPS) is 17.4. The summed E-state index contributed by atoms with van der Waals surface area (Å²) < 4.78 is 1.02. The molecule has 0 bridgehead atoms. The molecule has 0 aliphatic carbocycles. The van der Waals surface area contributed by atoms with Gasteiger partial charge in [0.15, 0.2) is 0 Å². The maximum atomic E-state index is 6.41. The van der Waals surface area contributed by atoms with E-state index in [1.54, 1.807) is 6.07 Å². The first-order valence-electron chi connectivity index (χ1n) is 6.92. The molecule has 5 heteroatoms. The molecule has 0 radical (unpaired) electrons. The van der Waals surface area contributed by atoms with Crippen molar-refractivity contribution >= 4 is 50.5 Å². The molecule has 2 aromatic rings. The lowest BCUT2D eigenvalue weighted by molar-refractivity contribution is 0.902. The van der Waals surface area contributed by atoms with E-state index in [-0.39, 0.29) is 6.04 Å². The Balaban J connectivity index is 2.13. The zero-order chi connectivity index (χ0) is 15.9. The third-order valence-electron chi connectivity index (χ3n) is 3.92. The molecular formula is C17H15BrCl2N2. The Kier molecular flexibility index (Phi) is 4.40. The van der Waals surface area contributed by atoms with Gasteiger partial charge < -0.3 is 10.6 Å². The van der Waals surface area contributed by atoms with Crippen LogP contribution in [0, 0.1) is 0 Å². The fourth-order valence-corrected chi connectivity index (χ4v) is 3.57. The molecule has 0 aromatic heterocycles. The summed E-state index contributed by atoms with van der Waals surface area (Å²) in [6, 6.07) is 11.7. The van der Waals surface area contributed by atoms with E-state index in [2.05, 4.69) is 46.5 Å². The Morgan fingerprint density at radius 1 is 1.09 bits per heavy atom. The first-order chi connectivity index (χ1) is 10.5. The lowest BCUT2D eigenvalue weighted by atomic mass is 9.98. The molecule has 114 valence electrons. The van der Waals surface area contributed by atoms with Crippen LogP contribution in [0.4, 0.5) is 11.4 Å². The fraction of sp³-hybridized carbons (Fsp3) is 0.176. The van der Waals surface area contributed by atoms with Gasteiger partial charge in [0.25, 0.3) is 0 Å². The second-order valence-electron chi connectivity index (χ2n) is 5.34. The van der Waals surface area contributed by atoms with Gasteiger partial charge in [-0.25, -0.2) is 0 Å². The van der Waals surface area contributed by atoms with Crippen LogP contribution < -0.4 is 10.6 Å². The molecule has 1 atom stereocenters. The molecule has 0 fully saturated rings. The fourth-order valence-electron chi connectivity index (χ4n) is 2.58. The Morgan fingerprint density at radius 2 is 1.86 bits per heavy atom. The van der Waals surface area contributed by atoms with Crippen LogP contribution in [0.1, 0.15) is 25.5 Å². The van der Waals surface area contributed by atoms with Crippen LogP contribution in [0.5, 0.6) is 0 Å². The van der Waals surface area contributed by atoms with E-state index < -0.39 is 0 Å². The van der Waals surface area contributed by atoms with Gasteiger partial charge >= 0.3 is 0 Å². The SMILES string of the molecule is CC1=C(C)C(c2ccc(Cl)cc2Cl)Nc2cccc(Br)c2N1. The van der Waals surface area contributed by atoms with Crippen molar-refractivity contribution < 1.29 is 0 Å². The van der Waals surface area contributed by atoms with Gasteiger partial charge in [0.05, 0.1) is 17.4 Å². The summed E-state index contributed by atoms with van der Waals surface area (Å²) in [5, 5.41) is 8.35. The summed E-state index contributed by atoms with van der Waals surface area (Å²) >= 11 is 16.0. The predicted octanol–water partition coefficient (Wildman–Crippen LogP) is 6.63. The van der Waals surface area contributed by atoms with Crippen molar-refractivity contribution in [1.29, 1.82) is 0 Å². The minimum atomic E-state index is -0.00665. The van der Waals surface area contributed by atoms with E-state index in [1.807, 2.05) is 24.3 Å². The molecule has 2 nitrogen and oxygen atoms in total. The van der Waals surface area contributed by atoms with E-state index >= 15 is 0 Å². The van der Waals surface area contributed by atoms with Crippen LogP contribution in [0.15, 0.2) is 52.1 Å². The number of fused-ring (bicyclic) bond motifs is 1. The summed E-state index contributed by atoms with van der Waals surface area (Å²) in [7, 11) is 0. The highest BCUT2D eigenvalue weighted by Crippen LogP contribution is 2.41. The lowest BCUT2D eigenvalue weighted by Crippen LogP contribution is -2.12. The first-order valence-corrected chi connectivity index (χ1v) is 8.46. The Morgan fingerprint density at radius 3 is 2.59 bits per heavy atom. The van der Waals surface area contributed by atoms with Gasteiger partial charge in [0, 0.05) is 20.2 Å². The summed E-state index contributed by atoms with van der Waals surface area (Å²) in [6.45, 7) is 4.17. The minimum Gasteiger partial charge on any atom is -0.373 e. The van der Waals surface area contributed by atoms with E-state index in [0.29, 0.717) is 10.0 Å². The van der Waals surface area contributed by atoms with Crippen LogP contribution in [-0.4, -0.2) is 0 Å². The molecule has 22 heavy (non-hydrogen) atoms. The highest BCUT2D eigenvalue weighted by Gasteiger charge is 2.23. The zero-order valence-electron chi connectivity index (χ0n) is 12.2. The largest absolute Gasteiger partial charge is 0.373 e. The van der Waals surface area contributed by atoms with Crippen LogP contribution in [0.25, 0.3) is 0 Å². The second-order valence-corrected chi connectivity index (χ2v) is 7.04. The monoisotopic (exact) mass is 396 g/mol. The van der Waals surface area contributed by atoms with Crippen molar-refractivity contribution in [3.05, 3.63) is 67.7 Å². The van der Waals surface area contributed by atoms with Crippen molar-refractivity contribution in [1.82, 2.24) is 0 Å². The molecule has 2 N–H and O–H groups in total. The van der Waals surface area contributed by atoms with Crippen LogP contribution >= 0.6 is 39.1 Å². The summed E-state index contributed by atoms with van der Waals surface area (Å²) in [5.41, 5.74) is 5.37. The Labute approximate surface area is 148 Å². The summed E-state index contributed by atoms with van der Waals surface area (Å²) in [5.74, 6) is 0. The van der Waals surface area contributed by atoms with E-state index in [1.165, 1.54) is 5.57 Å². The topological polar surface area (TPSA) is 24.1 Å². The zero-order valence-corrected chi connectivity index (χ0v) is 15.3. The third kappa shape index (κ3) is 2.85. The average Bonchev–Trinajstić information content (AvgIpc) is 2.59. The van der Waals surface area contributed by atoms with Crippen molar-refractivity contribution in [2.75, 3.05) is 10.6 Å². The van der Waals surface area contributed by atoms with Crippen molar-refractivity contribution in [2.45, 2.75) is 19.9 Å². The molecule has 0 saturated carbocycles. The number of nitrogens with one attached hydrogen (secondary N) is 2. The summed E-state index contributed by atoms with van der Waals surface area (Å²) in [6.07, 6.45) is 0. The van der Waals surface area contributed by atoms with Gasteiger partial charge in [-0.3, -0.25) is 0 Å². The number of halogens is 3. The third-order valence-corrected chi connectivity index (χ3v) is 5.15. The maximum Gasteiger partial charge on any atom is 0.0762 e. The molecular weight excluding hydrogens is 383 g/mol. The molecule has 0 saturated heterocycles. The van der Waals surface area contributed by atoms with Crippen LogP contribution in [0.2, 0.25) is 10.0 Å². The first kappa shape index (κ1) is 15.7. The average molecular weight is 398 g/mol. The maximum absolute atomic E-state index is 6.41. The number of benzene rings is 2. The molecule has 1 aliphatic heterocycles. The molecule has 3 rings (SSSR count). The summed E-state index contributed by atoms with van der Waals surface area (Å²) in [4.78, 5) is 0. The highest BCUT2D eigenvalue weighted by atomic mass is 79.9. The Bertz CT molecular complexity index is 771. The lowest BCUT2D eigenvalue weighted by Gasteiger charge is -2.22. The quantitative estimate of drug-likeness (QED) is 0.564. The minimum absolute atomic E-state index is 0.00665. The molecule has 0 amide bonds. The molecule has 1 heterocycles. The molecule has 2 aromatic carbocycles. The van der Waals surface area contributed by atoms with Gasteiger partial charge in [-0.1, -0.05) is 35.3 Å². The van der Waals surface area contributed by atoms with Crippen LogP contribution in [0.3, 0.4) is 0 Å². The van der Waals surface area contributed by atoms with E-state index in [9.17, 15) is 0 Å². The van der Waals surface area contributed by atoms with Crippen LogP contribution in [-0.2, 0) is 0 Å². The highest BCUT2D eigenvalue weighted by molar-refractivity contribution is 9.10. The smallest absolute Gasteiger partial charge is 0.0762 e.